The average molecular weight is 813 g/mol. The lowest BCUT2D eigenvalue weighted by Gasteiger charge is -2.71. The Bertz CT molecular complexity index is 2580. The largest absolute Gasteiger partial charge is 0.497 e. The molecule has 14 rings (SSSR count). The molecule has 0 unspecified atom stereocenters. The number of carbonyl (C=O) groups excluding carboxylic acids is 1. The summed E-state index contributed by atoms with van der Waals surface area (Å²) in [7, 11) is 3.53. The Morgan fingerprint density at radius 2 is 1.41 bits per heavy atom. The van der Waals surface area contributed by atoms with E-state index in [1.807, 2.05) is 0 Å². The van der Waals surface area contributed by atoms with Crippen LogP contribution in [0.2, 0.25) is 0 Å². The van der Waals surface area contributed by atoms with Gasteiger partial charge in [0.2, 0.25) is 0 Å². The predicted molar refractivity (Wildman–Crippen MR) is 236 cm³/mol. The van der Waals surface area contributed by atoms with Crippen LogP contribution in [0, 0.1) is 25.2 Å². The molecule has 6 bridgehead atoms. The van der Waals surface area contributed by atoms with Gasteiger partial charge in [-0.1, -0.05) is 103 Å². The highest BCUT2D eigenvalue weighted by Crippen LogP contribution is 2.74. The number of piperidine rings is 2. The van der Waals surface area contributed by atoms with Crippen molar-refractivity contribution in [2.24, 2.45) is 11.3 Å². The number of fused-ring (bicyclic) bond motifs is 1. The van der Waals surface area contributed by atoms with E-state index in [2.05, 4.69) is 133 Å². The third-order valence-corrected chi connectivity index (χ3v) is 17.1. The highest BCUT2D eigenvalue weighted by atomic mass is 16.6. The van der Waals surface area contributed by atoms with E-state index in [1.165, 1.54) is 50.1 Å². The number of likely N-dealkylation sites (tertiary alicyclic amines) is 2. The van der Waals surface area contributed by atoms with Crippen molar-refractivity contribution in [1.82, 2.24) is 9.80 Å². The number of benzene rings is 4. The zero-order valence-electron chi connectivity index (χ0n) is 36.1. The second-order valence-corrected chi connectivity index (χ2v) is 19.5. The number of ether oxygens (including phenoxy) is 4. The van der Waals surface area contributed by atoms with Crippen molar-refractivity contribution < 1.29 is 23.7 Å². The fourth-order valence-corrected chi connectivity index (χ4v) is 14.5. The van der Waals surface area contributed by atoms with E-state index >= 15 is 0 Å². The molecular formula is C54H56N2O5. The molecule has 4 aromatic carbocycles. The van der Waals surface area contributed by atoms with E-state index < -0.39 is 5.60 Å². The molecule has 7 nitrogen and oxygen atoms in total. The Morgan fingerprint density at radius 1 is 0.754 bits per heavy atom. The Balaban J connectivity index is 0.000000133. The first-order valence-electron chi connectivity index (χ1n) is 22.6. The summed E-state index contributed by atoms with van der Waals surface area (Å²) in [6.07, 6.45) is 14.0. The van der Waals surface area contributed by atoms with E-state index in [9.17, 15) is 4.79 Å². The molecule has 4 aliphatic heterocycles. The first kappa shape index (κ1) is 37.8. The fourth-order valence-electron chi connectivity index (χ4n) is 14.5. The highest BCUT2D eigenvalue weighted by molar-refractivity contribution is 5.82. The van der Waals surface area contributed by atoms with Gasteiger partial charge in [0.25, 0.3) is 0 Å². The maximum absolute atomic E-state index is 13.1. The van der Waals surface area contributed by atoms with Crippen molar-refractivity contribution in [1.29, 1.82) is 0 Å². The number of aryl methyl sites for hydroxylation is 2. The molecule has 0 amide bonds. The molecule has 4 heterocycles. The Kier molecular flexibility index (Phi) is 8.22. The van der Waals surface area contributed by atoms with Gasteiger partial charge in [0.05, 0.1) is 23.9 Å². The van der Waals surface area contributed by atoms with Gasteiger partial charge in [-0.15, -0.1) is 0 Å². The molecule has 6 aliphatic carbocycles. The molecule has 3 spiro atoms. The minimum Gasteiger partial charge on any atom is -0.497 e. The molecule has 0 aromatic heterocycles. The number of methoxy groups -OCH3 is 2. The Hall–Kier alpha value is -4.95. The molecule has 7 heteroatoms. The Labute approximate surface area is 360 Å². The third kappa shape index (κ3) is 4.78. The zero-order valence-corrected chi connectivity index (χ0v) is 36.1. The van der Waals surface area contributed by atoms with Crippen LogP contribution in [0.3, 0.4) is 0 Å². The average Bonchev–Trinajstić information content (AvgIpc) is 3.84. The van der Waals surface area contributed by atoms with Crippen LogP contribution < -0.4 is 9.47 Å². The summed E-state index contributed by atoms with van der Waals surface area (Å²) in [5.41, 5.74) is 11.5. The van der Waals surface area contributed by atoms with Crippen molar-refractivity contribution in [2.45, 2.75) is 107 Å². The lowest BCUT2D eigenvalue weighted by molar-refractivity contribution is -0.215. The van der Waals surface area contributed by atoms with E-state index in [0.29, 0.717) is 12.1 Å². The molecule has 1 saturated carbocycles. The quantitative estimate of drug-likeness (QED) is 0.173. The van der Waals surface area contributed by atoms with Crippen LogP contribution in [-0.2, 0) is 51.0 Å². The number of hydrogen-bond donors (Lipinski definition) is 0. The second-order valence-electron chi connectivity index (χ2n) is 19.5. The first-order chi connectivity index (χ1) is 29.7. The smallest absolute Gasteiger partial charge is 0.169 e. The number of rotatable bonds is 7. The summed E-state index contributed by atoms with van der Waals surface area (Å²) in [6, 6.07) is 31.5. The minimum absolute atomic E-state index is 0.0194. The van der Waals surface area contributed by atoms with Gasteiger partial charge in [0, 0.05) is 55.4 Å². The standard InChI is InChI=1S/C29H31NO3.C25H25NO2/c1-18-9-10-21-15-23-27-11-12-29(32-3,22(16-27)19(2)31)26-28(27,24(21)25(18)33-26)13-14-30(23)17-20-7-5-4-6-8-20;1-16-8-9-18-14-20-19-10-11-21(27-2)24-25(19,22(18)23(16)28-24)12-13-26(20)15-17-6-4-3-5-7-17/h4-12,22-23,26H,13-17H2,1-3H3;3-11,20,24H,12-15H2,1-2H3/t22-,23-,26-,27-,28+,29-;20-,24+,25+/m11/s1. The number of nitrogens with zero attached hydrogens (tertiary/aromatic N) is 2. The van der Waals surface area contributed by atoms with Gasteiger partial charge in [0.15, 0.2) is 6.10 Å². The van der Waals surface area contributed by atoms with Crippen LogP contribution in [0.15, 0.2) is 121 Å². The number of allylic oxidation sites excluding steroid dienone is 2. The number of carbonyl (C=O) groups is 1. The molecule has 312 valence electrons. The van der Waals surface area contributed by atoms with Gasteiger partial charge in [0.1, 0.15) is 34.7 Å². The summed E-state index contributed by atoms with van der Waals surface area (Å²) in [5.74, 6) is 3.16. The van der Waals surface area contributed by atoms with Gasteiger partial charge in [-0.2, -0.15) is 0 Å². The minimum atomic E-state index is -0.695. The summed E-state index contributed by atoms with van der Waals surface area (Å²) in [5, 5.41) is 0. The Morgan fingerprint density at radius 3 is 2.08 bits per heavy atom. The SMILES string of the molecule is COC1=CC=C2[C@H]3Cc4ccc(C)c5c4[C@@]2(CCN3Cc2ccccc2)[C@H]1O5.CO[C@]12C=C[C@@]3(C[C@@H]1C(C)=O)[C@H]1Cc4ccc(C)c5c4[C@@]3(CCN1Cc1ccccc1)[C@H]2O5. The van der Waals surface area contributed by atoms with Gasteiger partial charge in [-0.25, -0.2) is 0 Å². The normalized spacial score (nSPS) is 34.8. The summed E-state index contributed by atoms with van der Waals surface area (Å²) < 4.78 is 25.6. The van der Waals surface area contributed by atoms with Crippen molar-refractivity contribution in [2.75, 3.05) is 27.3 Å². The predicted octanol–water partition coefficient (Wildman–Crippen LogP) is 8.67. The van der Waals surface area contributed by atoms with Crippen molar-refractivity contribution in [3.63, 3.8) is 0 Å². The number of hydrogen-bond acceptors (Lipinski definition) is 7. The van der Waals surface area contributed by atoms with Crippen LogP contribution >= 0.6 is 0 Å². The van der Waals surface area contributed by atoms with Crippen LogP contribution in [-0.4, -0.2) is 72.8 Å². The molecule has 2 saturated heterocycles. The summed E-state index contributed by atoms with van der Waals surface area (Å²) in [6.45, 7) is 10.1. The van der Waals surface area contributed by atoms with Gasteiger partial charge in [-0.05, 0) is 104 Å². The molecule has 9 atom stereocenters. The van der Waals surface area contributed by atoms with E-state index in [0.717, 1.165) is 75.5 Å². The lowest BCUT2D eigenvalue weighted by atomic mass is 9.37. The van der Waals surface area contributed by atoms with Gasteiger partial charge >= 0.3 is 0 Å². The van der Waals surface area contributed by atoms with E-state index in [1.54, 1.807) is 21.1 Å². The van der Waals surface area contributed by atoms with Crippen molar-refractivity contribution in [3.8, 4) is 11.5 Å². The molecule has 61 heavy (non-hydrogen) atoms. The second kappa shape index (κ2) is 13.3. The van der Waals surface area contributed by atoms with Crippen molar-refractivity contribution in [3.05, 3.63) is 165 Å². The highest BCUT2D eigenvalue weighted by Gasteiger charge is 2.79. The molecule has 3 fully saturated rings. The van der Waals surface area contributed by atoms with Crippen LogP contribution in [0.1, 0.15) is 70.7 Å². The third-order valence-electron chi connectivity index (χ3n) is 17.1. The first-order valence-corrected chi connectivity index (χ1v) is 22.6. The van der Waals surface area contributed by atoms with E-state index in [-0.39, 0.29) is 40.2 Å². The maximum Gasteiger partial charge on any atom is 0.169 e. The molecular weight excluding hydrogens is 757 g/mol. The topological polar surface area (TPSA) is 60.5 Å². The fraction of sp³-hybridized carbons (Fsp3) is 0.426. The van der Waals surface area contributed by atoms with Crippen LogP contribution in [0.4, 0.5) is 0 Å². The molecule has 4 aromatic rings. The van der Waals surface area contributed by atoms with Gasteiger partial charge < -0.3 is 18.9 Å². The number of ketones is 1. The zero-order chi connectivity index (χ0) is 41.5. The molecule has 10 aliphatic rings. The van der Waals surface area contributed by atoms with Gasteiger partial charge in [-0.3, -0.25) is 14.6 Å². The van der Waals surface area contributed by atoms with Crippen LogP contribution in [0.25, 0.3) is 0 Å². The van der Waals surface area contributed by atoms with Crippen LogP contribution in [0.5, 0.6) is 11.5 Å². The van der Waals surface area contributed by atoms with E-state index in [4.69, 9.17) is 18.9 Å². The van der Waals surface area contributed by atoms with Crippen molar-refractivity contribution >= 4 is 5.78 Å². The maximum atomic E-state index is 13.1. The molecule has 0 radical (unpaired) electrons. The summed E-state index contributed by atoms with van der Waals surface area (Å²) >= 11 is 0. The number of Topliss-reactive ketones (excluding diaryl/α,β-unsaturated/α-hetero) is 1. The summed E-state index contributed by atoms with van der Waals surface area (Å²) in [4.78, 5) is 18.4. The molecule has 0 N–H and O–H groups in total. The lowest BCUT2D eigenvalue weighted by Crippen LogP contribution is -2.79. The monoisotopic (exact) mass is 812 g/mol.